The fourth-order valence-electron chi connectivity index (χ4n) is 3.16. The van der Waals surface area contributed by atoms with E-state index < -0.39 is 35.7 Å². The number of aromatic nitrogens is 3. The molecular formula is C20H18F6N4O2. The molecule has 6 nitrogen and oxygen atoms in total. The average molecular weight is 460 g/mol. The predicted molar refractivity (Wildman–Crippen MR) is 104 cm³/mol. The van der Waals surface area contributed by atoms with Crippen molar-refractivity contribution in [3.05, 3.63) is 52.5 Å². The zero-order chi connectivity index (χ0) is 23.5. The van der Waals surface area contributed by atoms with Crippen LogP contribution in [0.1, 0.15) is 25.0 Å². The molecule has 0 amide bonds. The van der Waals surface area contributed by atoms with Gasteiger partial charge in [-0.1, -0.05) is 0 Å². The molecule has 0 aliphatic carbocycles. The van der Waals surface area contributed by atoms with E-state index in [0.717, 1.165) is 12.3 Å². The lowest BCUT2D eigenvalue weighted by Crippen LogP contribution is -2.20. The van der Waals surface area contributed by atoms with E-state index in [9.17, 15) is 31.1 Å². The van der Waals surface area contributed by atoms with E-state index in [0.29, 0.717) is 31.2 Å². The van der Waals surface area contributed by atoms with Crippen molar-refractivity contribution in [1.82, 2.24) is 14.5 Å². The second-order valence-corrected chi connectivity index (χ2v) is 6.91. The van der Waals surface area contributed by atoms with Crippen LogP contribution in [0.4, 0.5) is 32.2 Å². The Balaban J connectivity index is 1.81. The van der Waals surface area contributed by atoms with Gasteiger partial charge in [0.2, 0.25) is 0 Å². The molecule has 0 aliphatic heterocycles. The van der Waals surface area contributed by atoms with Gasteiger partial charge in [-0.3, -0.25) is 4.79 Å². The third kappa shape index (κ3) is 5.36. The fourth-order valence-corrected chi connectivity index (χ4v) is 3.16. The van der Waals surface area contributed by atoms with E-state index in [2.05, 4.69) is 14.7 Å². The number of anilines is 1. The van der Waals surface area contributed by atoms with Crippen LogP contribution in [-0.4, -0.2) is 27.8 Å². The van der Waals surface area contributed by atoms with Gasteiger partial charge in [0, 0.05) is 18.3 Å². The minimum Gasteiger partial charge on any atom is -0.382 e. The van der Waals surface area contributed by atoms with Crippen LogP contribution >= 0.6 is 0 Å². The van der Waals surface area contributed by atoms with E-state index in [1.807, 2.05) is 0 Å². The number of pyridine rings is 1. The largest absolute Gasteiger partial charge is 0.437 e. The molecule has 1 aromatic carbocycles. The first-order valence-electron chi connectivity index (χ1n) is 9.50. The van der Waals surface area contributed by atoms with Crippen molar-refractivity contribution in [2.45, 2.75) is 38.6 Å². The van der Waals surface area contributed by atoms with Crippen molar-refractivity contribution in [3.8, 4) is 11.3 Å². The summed E-state index contributed by atoms with van der Waals surface area (Å²) in [5.41, 5.74) is 3.14. The van der Waals surface area contributed by atoms with Gasteiger partial charge in [0.05, 0.1) is 23.9 Å². The molecule has 0 spiro atoms. The van der Waals surface area contributed by atoms with Crippen molar-refractivity contribution in [2.75, 3.05) is 12.3 Å². The van der Waals surface area contributed by atoms with Crippen molar-refractivity contribution < 1.29 is 31.1 Å². The molecular weight excluding hydrogens is 442 g/mol. The number of nitrogens with two attached hydrogens (primary N) is 1. The number of fused-ring (bicyclic) bond motifs is 1. The minimum atomic E-state index is -4.79. The summed E-state index contributed by atoms with van der Waals surface area (Å²) < 4.78 is 82.4. The first-order valence-corrected chi connectivity index (χ1v) is 9.50. The van der Waals surface area contributed by atoms with Crippen LogP contribution < -0.4 is 11.3 Å². The quantitative estimate of drug-likeness (QED) is 0.392. The van der Waals surface area contributed by atoms with Gasteiger partial charge < -0.3 is 15.0 Å². The molecule has 0 atom stereocenters. The summed E-state index contributed by atoms with van der Waals surface area (Å²) in [7, 11) is 0. The van der Waals surface area contributed by atoms with Crippen LogP contribution in [-0.2, 0) is 17.5 Å². The Hall–Kier alpha value is -3.15. The van der Waals surface area contributed by atoms with E-state index in [1.165, 1.54) is 16.8 Å². The maximum Gasteiger partial charge on any atom is 0.437 e. The van der Waals surface area contributed by atoms with E-state index in [4.69, 9.17) is 5.73 Å². The molecule has 3 rings (SSSR count). The third-order valence-electron chi connectivity index (χ3n) is 4.70. The summed E-state index contributed by atoms with van der Waals surface area (Å²) in [5.74, 6) is -1.76. The summed E-state index contributed by atoms with van der Waals surface area (Å²) >= 11 is 0. The summed E-state index contributed by atoms with van der Waals surface area (Å²) in [5, 5.41) is 0.427. The van der Waals surface area contributed by atoms with Crippen LogP contribution in [0.5, 0.6) is 0 Å². The second kappa shape index (κ2) is 9.55. The highest BCUT2D eigenvalue weighted by atomic mass is 19.4. The SMILES string of the molecule is Nc1nc(-c2cc3ccn(CCCCCOC(F)F)c(=O)c3cc2F)cnc1C(F)(F)F. The highest BCUT2D eigenvalue weighted by Crippen LogP contribution is 2.33. The van der Waals surface area contributed by atoms with Crippen LogP contribution in [0.2, 0.25) is 0 Å². The summed E-state index contributed by atoms with van der Waals surface area (Å²) in [6.45, 7) is -2.61. The van der Waals surface area contributed by atoms with Gasteiger partial charge in [0.1, 0.15) is 5.82 Å². The molecule has 172 valence electrons. The number of ether oxygens (including phenoxy) is 1. The normalized spacial score (nSPS) is 12.1. The second-order valence-electron chi connectivity index (χ2n) is 6.91. The van der Waals surface area contributed by atoms with E-state index in [1.54, 1.807) is 6.07 Å². The van der Waals surface area contributed by atoms with Crippen LogP contribution in [0.15, 0.2) is 35.4 Å². The number of nitrogen functional groups attached to an aromatic ring is 1. The van der Waals surface area contributed by atoms with Gasteiger partial charge in [0.15, 0.2) is 11.5 Å². The Morgan fingerprint density at radius 3 is 2.56 bits per heavy atom. The standard InChI is InChI=1S/C20H18F6N4O2/c21-14-9-12-11(4-6-30(18(12)31)5-2-1-3-7-32-19(22)23)8-13(14)15-10-28-16(17(27)29-15)20(24,25)26/h4,6,8-10,19H,1-3,5,7H2,(H2,27,29). The van der Waals surface area contributed by atoms with E-state index >= 15 is 0 Å². The lowest BCUT2D eigenvalue weighted by molar-refractivity contribution is -0.140. The number of aryl methyl sites for hydroxylation is 1. The number of unbranched alkanes of at least 4 members (excludes halogenated alkanes) is 2. The topological polar surface area (TPSA) is 83.0 Å². The van der Waals surface area contributed by atoms with Gasteiger partial charge in [0.25, 0.3) is 5.56 Å². The monoisotopic (exact) mass is 460 g/mol. The molecule has 0 saturated carbocycles. The Kier molecular flexibility index (Phi) is 7.02. The molecule has 0 fully saturated rings. The molecule has 0 aliphatic rings. The molecule has 2 heterocycles. The Labute approximate surface area is 177 Å². The molecule has 3 aromatic rings. The molecule has 2 aromatic heterocycles. The van der Waals surface area contributed by atoms with Crippen molar-refractivity contribution in [2.24, 2.45) is 0 Å². The van der Waals surface area contributed by atoms with Gasteiger partial charge in [-0.2, -0.15) is 22.0 Å². The van der Waals surface area contributed by atoms with Crippen molar-refractivity contribution in [1.29, 1.82) is 0 Å². The molecule has 0 saturated heterocycles. The highest BCUT2D eigenvalue weighted by molar-refractivity contribution is 5.86. The number of nitrogens with zero attached hydrogens (tertiary/aromatic N) is 3. The maximum atomic E-state index is 14.7. The fraction of sp³-hybridized carbons (Fsp3) is 0.350. The molecule has 0 bridgehead atoms. The Morgan fingerprint density at radius 1 is 1.16 bits per heavy atom. The minimum absolute atomic E-state index is 0.0719. The van der Waals surface area contributed by atoms with Crippen molar-refractivity contribution in [3.63, 3.8) is 0 Å². The molecule has 0 unspecified atom stereocenters. The first kappa shape index (κ1) is 23.5. The zero-order valence-electron chi connectivity index (χ0n) is 16.5. The third-order valence-corrected chi connectivity index (χ3v) is 4.70. The number of hydrogen-bond acceptors (Lipinski definition) is 5. The molecule has 12 heteroatoms. The number of alkyl halides is 5. The van der Waals surface area contributed by atoms with Gasteiger partial charge in [-0.25, -0.2) is 14.4 Å². The van der Waals surface area contributed by atoms with Gasteiger partial charge in [-0.15, -0.1) is 0 Å². The van der Waals surface area contributed by atoms with Gasteiger partial charge >= 0.3 is 12.8 Å². The summed E-state index contributed by atoms with van der Waals surface area (Å²) in [6, 6.07) is 3.82. The number of hydrogen-bond donors (Lipinski definition) is 1. The maximum absolute atomic E-state index is 14.7. The molecule has 2 N–H and O–H groups in total. The van der Waals surface area contributed by atoms with E-state index in [-0.39, 0.29) is 23.3 Å². The zero-order valence-corrected chi connectivity index (χ0v) is 16.5. The lowest BCUT2D eigenvalue weighted by atomic mass is 10.1. The highest BCUT2D eigenvalue weighted by Gasteiger charge is 2.36. The number of halogens is 6. The molecule has 32 heavy (non-hydrogen) atoms. The van der Waals surface area contributed by atoms with Crippen LogP contribution in [0, 0.1) is 5.82 Å². The number of rotatable bonds is 8. The average Bonchev–Trinajstić information content (AvgIpc) is 2.71. The smallest absolute Gasteiger partial charge is 0.382 e. The first-order chi connectivity index (χ1) is 15.1. The van der Waals surface area contributed by atoms with Crippen LogP contribution in [0.3, 0.4) is 0 Å². The Bertz CT molecular complexity index is 1160. The van der Waals surface area contributed by atoms with Crippen molar-refractivity contribution >= 4 is 16.6 Å². The summed E-state index contributed by atoms with van der Waals surface area (Å²) in [6.07, 6.45) is -1.05. The predicted octanol–water partition coefficient (Wildman–Crippen LogP) is 4.61. The molecule has 0 radical (unpaired) electrons. The summed E-state index contributed by atoms with van der Waals surface area (Å²) in [4.78, 5) is 19.5. The number of benzene rings is 1. The van der Waals surface area contributed by atoms with Gasteiger partial charge in [-0.05, 0) is 42.8 Å². The van der Waals surface area contributed by atoms with Crippen LogP contribution in [0.25, 0.3) is 22.0 Å². The lowest BCUT2D eigenvalue weighted by Gasteiger charge is -2.11. The Morgan fingerprint density at radius 2 is 1.91 bits per heavy atom.